The molecule has 3 nitrogen and oxygen atoms in total. The maximum atomic E-state index is 6.05. The lowest BCUT2D eigenvalue weighted by Gasteiger charge is -2.42. The van der Waals surface area contributed by atoms with Crippen LogP contribution in [0.2, 0.25) is 0 Å². The normalized spacial score (nSPS) is 31.0. The van der Waals surface area contributed by atoms with Crippen LogP contribution in [0.5, 0.6) is 0 Å². The van der Waals surface area contributed by atoms with Gasteiger partial charge in [-0.05, 0) is 30.9 Å². The molecular weight excluding hydrogens is 248 g/mol. The minimum Gasteiger partial charge on any atom is -0.372 e. The number of nitrogens with one attached hydrogen (secondary N) is 1. The molecule has 2 heterocycles. The van der Waals surface area contributed by atoms with Crippen LogP contribution in [0.4, 0.5) is 0 Å². The van der Waals surface area contributed by atoms with Gasteiger partial charge in [0.05, 0.1) is 12.7 Å². The predicted octanol–water partition coefficient (Wildman–Crippen LogP) is 2.37. The van der Waals surface area contributed by atoms with E-state index in [1.54, 1.807) is 0 Å². The van der Waals surface area contributed by atoms with E-state index in [4.69, 9.17) is 4.74 Å². The second-order valence-electron chi connectivity index (χ2n) is 6.38. The van der Waals surface area contributed by atoms with Crippen LogP contribution in [-0.2, 0) is 11.2 Å². The van der Waals surface area contributed by atoms with Crippen LogP contribution in [0.15, 0.2) is 24.3 Å². The van der Waals surface area contributed by atoms with Crippen molar-refractivity contribution >= 4 is 0 Å². The summed E-state index contributed by atoms with van der Waals surface area (Å²) in [7, 11) is 0. The first-order valence-corrected chi connectivity index (χ1v) is 7.87. The van der Waals surface area contributed by atoms with Gasteiger partial charge >= 0.3 is 0 Å². The van der Waals surface area contributed by atoms with Gasteiger partial charge in [0.1, 0.15) is 0 Å². The van der Waals surface area contributed by atoms with Crippen molar-refractivity contribution in [1.82, 2.24) is 10.2 Å². The van der Waals surface area contributed by atoms with Crippen molar-refractivity contribution in [3.8, 4) is 0 Å². The van der Waals surface area contributed by atoms with Crippen LogP contribution in [-0.4, -0.2) is 43.2 Å². The second kappa shape index (κ2) is 5.84. The summed E-state index contributed by atoms with van der Waals surface area (Å²) in [6.07, 6.45) is 2.48. The second-order valence-corrected chi connectivity index (χ2v) is 6.38. The molecule has 2 aliphatic rings. The molecule has 3 rings (SSSR count). The van der Waals surface area contributed by atoms with E-state index in [9.17, 15) is 0 Å². The minimum absolute atomic E-state index is 0.249. The lowest BCUT2D eigenvalue weighted by atomic mass is 9.94. The molecular formula is C17H26N2O. The highest BCUT2D eigenvalue weighted by atomic mass is 16.5. The maximum absolute atomic E-state index is 6.05. The van der Waals surface area contributed by atoms with Gasteiger partial charge in [-0.3, -0.25) is 4.90 Å². The molecule has 0 radical (unpaired) electrons. The fourth-order valence-electron chi connectivity index (χ4n) is 3.40. The SMILES string of the molecule is CCC1(C)CN(CC2OCCc3ccccc32)CCN1. The van der Waals surface area contributed by atoms with Crippen molar-refractivity contribution in [1.29, 1.82) is 0 Å². The summed E-state index contributed by atoms with van der Waals surface area (Å²) in [6, 6.07) is 8.76. The number of nitrogens with zero attached hydrogens (tertiary/aromatic N) is 1. The molecule has 1 aromatic carbocycles. The highest BCUT2D eigenvalue weighted by molar-refractivity contribution is 5.31. The lowest BCUT2D eigenvalue weighted by Crippen LogP contribution is -2.59. The van der Waals surface area contributed by atoms with Crippen LogP contribution in [0.1, 0.15) is 37.5 Å². The van der Waals surface area contributed by atoms with Gasteiger partial charge in [-0.2, -0.15) is 0 Å². The fraction of sp³-hybridized carbons (Fsp3) is 0.647. The quantitative estimate of drug-likeness (QED) is 0.916. The standard InChI is InChI=1S/C17H26N2O/c1-3-17(2)13-19(10-9-18-17)12-16-15-7-5-4-6-14(15)8-11-20-16/h4-7,16,18H,3,8-13H2,1-2H3. The number of ether oxygens (including phenoxy) is 1. The van der Waals surface area contributed by atoms with Gasteiger partial charge in [0.2, 0.25) is 0 Å². The van der Waals surface area contributed by atoms with E-state index in [2.05, 4.69) is 48.3 Å². The zero-order chi connectivity index (χ0) is 14.0. The van der Waals surface area contributed by atoms with Crippen LogP contribution in [0.25, 0.3) is 0 Å². The van der Waals surface area contributed by atoms with E-state index in [0.717, 1.165) is 39.2 Å². The zero-order valence-electron chi connectivity index (χ0n) is 12.7. The molecule has 1 aromatic rings. The van der Waals surface area contributed by atoms with Gasteiger partial charge < -0.3 is 10.1 Å². The topological polar surface area (TPSA) is 24.5 Å². The van der Waals surface area contributed by atoms with Crippen molar-refractivity contribution in [2.75, 3.05) is 32.8 Å². The van der Waals surface area contributed by atoms with E-state index in [-0.39, 0.29) is 11.6 Å². The number of piperazine rings is 1. The maximum Gasteiger partial charge on any atom is 0.0954 e. The first-order valence-electron chi connectivity index (χ1n) is 7.87. The van der Waals surface area contributed by atoms with Gasteiger partial charge in [0, 0.05) is 31.7 Å². The van der Waals surface area contributed by atoms with Gasteiger partial charge in [0.15, 0.2) is 0 Å². The number of fused-ring (bicyclic) bond motifs is 1. The van der Waals surface area contributed by atoms with Crippen molar-refractivity contribution < 1.29 is 4.74 Å². The van der Waals surface area contributed by atoms with Crippen molar-refractivity contribution in [2.24, 2.45) is 0 Å². The Labute approximate surface area is 122 Å². The molecule has 110 valence electrons. The molecule has 0 aromatic heterocycles. The highest BCUT2D eigenvalue weighted by Crippen LogP contribution is 2.28. The summed E-state index contributed by atoms with van der Waals surface area (Å²) in [5.74, 6) is 0. The van der Waals surface area contributed by atoms with Gasteiger partial charge in [-0.25, -0.2) is 0 Å². The summed E-state index contributed by atoms with van der Waals surface area (Å²) in [5, 5.41) is 3.65. The molecule has 0 aliphatic carbocycles. The Hall–Kier alpha value is -0.900. The van der Waals surface area contributed by atoms with Crippen molar-refractivity contribution in [2.45, 2.75) is 38.3 Å². The molecule has 0 saturated carbocycles. The average Bonchev–Trinajstić information content (AvgIpc) is 2.48. The van der Waals surface area contributed by atoms with Crippen molar-refractivity contribution in [3.05, 3.63) is 35.4 Å². The smallest absolute Gasteiger partial charge is 0.0954 e. The summed E-state index contributed by atoms with van der Waals surface area (Å²) in [4.78, 5) is 2.56. The molecule has 1 N–H and O–H groups in total. The van der Waals surface area contributed by atoms with E-state index >= 15 is 0 Å². The largest absolute Gasteiger partial charge is 0.372 e. The van der Waals surface area contributed by atoms with Crippen LogP contribution in [0, 0.1) is 0 Å². The van der Waals surface area contributed by atoms with Gasteiger partial charge in [-0.1, -0.05) is 31.2 Å². The lowest BCUT2D eigenvalue weighted by molar-refractivity contribution is 0.00336. The number of rotatable bonds is 3. The number of benzene rings is 1. The third-order valence-electron chi connectivity index (χ3n) is 4.85. The van der Waals surface area contributed by atoms with Gasteiger partial charge in [-0.15, -0.1) is 0 Å². The summed E-state index contributed by atoms with van der Waals surface area (Å²) < 4.78 is 6.05. The summed E-state index contributed by atoms with van der Waals surface area (Å²) in [5.41, 5.74) is 3.12. The molecule has 1 fully saturated rings. The number of hydrogen-bond donors (Lipinski definition) is 1. The molecule has 2 atom stereocenters. The van der Waals surface area contributed by atoms with E-state index in [0.29, 0.717) is 0 Å². The third-order valence-corrected chi connectivity index (χ3v) is 4.85. The first kappa shape index (κ1) is 14.1. The molecule has 1 saturated heterocycles. The molecule has 0 spiro atoms. The third kappa shape index (κ3) is 2.90. The zero-order valence-corrected chi connectivity index (χ0v) is 12.7. The Morgan fingerprint density at radius 3 is 3.10 bits per heavy atom. The predicted molar refractivity (Wildman–Crippen MR) is 82.0 cm³/mol. The average molecular weight is 274 g/mol. The van der Waals surface area contributed by atoms with E-state index < -0.39 is 0 Å². The summed E-state index contributed by atoms with van der Waals surface area (Å²) in [6.45, 7) is 9.80. The first-order chi connectivity index (χ1) is 9.70. The summed E-state index contributed by atoms with van der Waals surface area (Å²) >= 11 is 0. The van der Waals surface area contributed by atoms with E-state index in [1.807, 2.05) is 0 Å². The fourth-order valence-corrected chi connectivity index (χ4v) is 3.40. The Morgan fingerprint density at radius 1 is 1.40 bits per heavy atom. The van der Waals surface area contributed by atoms with Gasteiger partial charge in [0.25, 0.3) is 0 Å². The molecule has 20 heavy (non-hydrogen) atoms. The molecule has 3 heteroatoms. The van der Waals surface area contributed by atoms with Crippen LogP contribution in [0.3, 0.4) is 0 Å². The monoisotopic (exact) mass is 274 g/mol. The molecule has 0 amide bonds. The number of hydrogen-bond acceptors (Lipinski definition) is 3. The Bertz CT molecular complexity index is 462. The van der Waals surface area contributed by atoms with Crippen LogP contribution >= 0.6 is 0 Å². The Balaban J connectivity index is 1.70. The van der Waals surface area contributed by atoms with Crippen molar-refractivity contribution in [3.63, 3.8) is 0 Å². The molecule has 2 aliphatic heterocycles. The molecule has 0 bridgehead atoms. The van der Waals surface area contributed by atoms with E-state index in [1.165, 1.54) is 17.5 Å². The van der Waals surface area contributed by atoms with Crippen LogP contribution < -0.4 is 5.32 Å². The molecule has 2 unspecified atom stereocenters. The Kier molecular flexibility index (Phi) is 4.11. The highest BCUT2D eigenvalue weighted by Gasteiger charge is 2.31. The minimum atomic E-state index is 0.249. The Morgan fingerprint density at radius 2 is 2.25 bits per heavy atom.